The molecule has 2 aromatic rings. The van der Waals surface area contributed by atoms with Crippen LogP contribution < -0.4 is 10.1 Å². The molecule has 0 saturated heterocycles. The topological polar surface area (TPSA) is 34.1 Å². The Morgan fingerprint density at radius 1 is 1.19 bits per heavy atom. The van der Waals surface area contributed by atoms with Gasteiger partial charge in [0.15, 0.2) is 0 Å². The van der Waals surface area contributed by atoms with Crippen LogP contribution in [0.4, 0.5) is 0 Å². The predicted molar refractivity (Wildman–Crippen MR) is 89.1 cm³/mol. The van der Waals surface area contributed by atoms with E-state index in [1.807, 2.05) is 6.92 Å². The van der Waals surface area contributed by atoms with Gasteiger partial charge in [0, 0.05) is 11.9 Å². The molecule has 0 fully saturated rings. The smallest absolute Gasteiger partial charge is 0.131 e. The van der Waals surface area contributed by atoms with Gasteiger partial charge in [0.1, 0.15) is 12.4 Å². The molecule has 0 unspecified atom stereocenters. The number of aromatic nitrogens is 1. The number of nitrogens with zero attached hydrogens (tertiary/aromatic N) is 1. The molecule has 0 aliphatic rings. The summed E-state index contributed by atoms with van der Waals surface area (Å²) in [7, 11) is 0. The molecule has 0 saturated carbocycles. The van der Waals surface area contributed by atoms with E-state index in [0.717, 1.165) is 36.0 Å². The van der Waals surface area contributed by atoms with E-state index in [-0.39, 0.29) is 0 Å². The summed E-state index contributed by atoms with van der Waals surface area (Å²) in [4.78, 5) is 4.44. The van der Waals surface area contributed by atoms with Crippen molar-refractivity contribution in [3.8, 4) is 5.75 Å². The van der Waals surface area contributed by atoms with Crippen LogP contribution in [0.25, 0.3) is 0 Å². The number of thiazole rings is 1. The Kier molecular flexibility index (Phi) is 5.76. The fraction of sp³-hybridized carbons (Fsp3) is 0.471. The Balaban J connectivity index is 2.02. The molecule has 0 bridgehead atoms. The van der Waals surface area contributed by atoms with Crippen molar-refractivity contribution in [2.24, 2.45) is 0 Å². The molecule has 0 aliphatic heterocycles. The summed E-state index contributed by atoms with van der Waals surface area (Å²) in [6, 6.07) is 4.41. The zero-order chi connectivity index (χ0) is 15.2. The number of nitrogens with one attached hydrogen (secondary N) is 1. The van der Waals surface area contributed by atoms with E-state index < -0.39 is 0 Å². The highest BCUT2D eigenvalue weighted by atomic mass is 32.1. The highest BCUT2D eigenvalue weighted by molar-refractivity contribution is 7.09. The highest BCUT2D eigenvalue weighted by Crippen LogP contribution is 2.26. The summed E-state index contributed by atoms with van der Waals surface area (Å²) < 4.78 is 5.97. The van der Waals surface area contributed by atoms with Gasteiger partial charge in [-0.3, -0.25) is 0 Å². The van der Waals surface area contributed by atoms with Crippen LogP contribution >= 0.6 is 11.3 Å². The van der Waals surface area contributed by atoms with Gasteiger partial charge in [0.2, 0.25) is 0 Å². The quantitative estimate of drug-likeness (QED) is 0.780. The lowest BCUT2D eigenvalue weighted by molar-refractivity contribution is 0.297. The Morgan fingerprint density at radius 3 is 2.48 bits per heavy atom. The molecular weight excluding hydrogens is 280 g/mol. The number of hydrogen-bond acceptors (Lipinski definition) is 4. The Bertz CT molecular complexity index is 569. The summed E-state index contributed by atoms with van der Waals surface area (Å²) in [5.74, 6) is 0.986. The lowest BCUT2D eigenvalue weighted by atomic mass is 10.1. The minimum Gasteiger partial charge on any atom is -0.487 e. The molecule has 0 amide bonds. The number of benzene rings is 1. The van der Waals surface area contributed by atoms with E-state index >= 15 is 0 Å². The van der Waals surface area contributed by atoms with Crippen LogP contribution in [0.15, 0.2) is 17.5 Å². The van der Waals surface area contributed by atoms with Crippen LogP contribution in [0.5, 0.6) is 5.75 Å². The van der Waals surface area contributed by atoms with Gasteiger partial charge in [-0.05, 0) is 50.4 Å². The first-order valence-corrected chi connectivity index (χ1v) is 8.32. The Hall–Kier alpha value is -1.39. The molecule has 4 heteroatoms. The van der Waals surface area contributed by atoms with Crippen molar-refractivity contribution in [2.75, 3.05) is 6.54 Å². The monoisotopic (exact) mass is 304 g/mol. The summed E-state index contributed by atoms with van der Waals surface area (Å²) in [5, 5.41) is 6.58. The van der Waals surface area contributed by atoms with Gasteiger partial charge in [0.25, 0.3) is 0 Å². The van der Waals surface area contributed by atoms with Crippen molar-refractivity contribution >= 4 is 11.3 Å². The van der Waals surface area contributed by atoms with Gasteiger partial charge < -0.3 is 10.1 Å². The molecule has 21 heavy (non-hydrogen) atoms. The molecule has 1 aromatic carbocycles. The van der Waals surface area contributed by atoms with Gasteiger partial charge in [-0.25, -0.2) is 4.98 Å². The number of ether oxygens (including phenoxy) is 1. The van der Waals surface area contributed by atoms with Gasteiger partial charge in [-0.1, -0.05) is 19.1 Å². The van der Waals surface area contributed by atoms with E-state index in [1.54, 1.807) is 11.3 Å². The van der Waals surface area contributed by atoms with E-state index in [1.165, 1.54) is 16.7 Å². The first-order chi connectivity index (χ1) is 10.1. The maximum atomic E-state index is 5.97. The van der Waals surface area contributed by atoms with E-state index in [4.69, 9.17) is 4.74 Å². The molecule has 0 radical (unpaired) electrons. The summed E-state index contributed by atoms with van der Waals surface area (Å²) in [6.07, 6.45) is 1.16. The van der Waals surface area contributed by atoms with Crippen molar-refractivity contribution in [1.29, 1.82) is 0 Å². The second kappa shape index (κ2) is 7.57. The number of aryl methyl sites for hydroxylation is 3. The second-order valence-electron chi connectivity index (χ2n) is 5.38. The Labute approximate surface area is 131 Å². The number of hydrogen-bond donors (Lipinski definition) is 1. The summed E-state index contributed by atoms with van der Waals surface area (Å²) in [6.45, 7) is 10.9. The van der Waals surface area contributed by atoms with Crippen LogP contribution in [0.3, 0.4) is 0 Å². The minimum atomic E-state index is 0.541. The van der Waals surface area contributed by atoms with Gasteiger partial charge in [0.05, 0.1) is 10.7 Å². The fourth-order valence-electron chi connectivity index (χ4n) is 2.40. The summed E-state index contributed by atoms with van der Waals surface area (Å²) in [5.41, 5.74) is 4.70. The van der Waals surface area contributed by atoms with Crippen molar-refractivity contribution in [1.82, 2.24) is 10.3 Å². The van der Waals surface area contributed by atoms with Crippen molar-refractivity contribution in [3.63, 3.8) is 0 Å². The standard InChI is InChI=1S/C17H24N2OS/c1-5-6-18-9-15-7-12(2)17(13(3)8-15)20-10-16-11-21-14(4)19-16/h7-8,11,18H,5-6,9-10H2,1-4H3. The maximum absolute atomic E-state index is 5.97. The van der Waals surface area contributed by atoms with Crippen LogP contribution in [-0.2, 0) is 13.2 Å². The molecule has 3 nitrogen and oxygen atoms in total. The average molecular weight is 304 g/mol. The van der Waals surface area contributed by atoms with Crippen molar-refractivity contribution < 1.29 is 4.74 Å². The lowest BCUT2D eigenvalue weighted by Crippen LogP contribution is -2.14. The highest BCUT2D eigenvalue weighted by Gasteiger charge is 2.08. The summed E-state index contributed by atoms with van der Waals surface area (Å²) >= 11 is 1.66. The average Bonchev–Trinajstić information content (AvgIpc) is 2.84. The first kappa shape index (κ1) is 16.0. The maximum Gasteiger partial charge on any atom is 0.131 e. The van der Waals surface area contributed by atoms with Gasteiger partial charge >= 0.3 is 0 Å². The largest absolute Gasteiger partial charge is 0.487 e. The van der Waals surface area contributed by atoms with Crippen LogP contribution in [0.2, 0.25) is 0 Å². The first-order valence-electron chi connectivity index (χ1n) is 7.44. The molecular formula is C17H24N2OS. The second-order valence-corrected chi connectivity index (χ2v) is 6.44. The van der Waals surface area contributed by atoms with E-state index in [9.17, 15) is 0 Å². The van der Waals surface area contributed by atoms with Crippen LogP contribution in [0.1, 0.15) is 40.7 Å². The minimum absolute atomic E-state index is 0.541. The third-order valence-corrected chi connectivity index (χ3v) is 4.13. The van der Waals surface area contributed by atoms with Crippen LogP contribution in [-0.4, -0.2) is 11.5 Å². The zero-order valence-corrected chi connectivity index (χ0v) is 14.1. The molecule has 1 heterocycles. The van der Waals surface area contributed by atoms with Gasteiger partial charge in [-0.2, -0.15) is 0 Å². The zero-order valence-electron chi connectivity index (χ0n) is 13.3. The number of rotatable bonds is 7. The Morgan fingerprint density at radius 2 is 1.90 bits per heavy atom. The van der Waals surface area contributed by atoms with E-state index in [2.05, 4.69) is 48.6 Å². The van der Waals surface area contributed by atoms with E-state index in [0.29, 0.717) is 6.61 Å². The van der Waals surface area contributed by atoms with Crippen molar-refractivity contribution in [3.05, 3.63) is 44.9 Å². The fourth-order valence-corrected chi connectivity index (χ4v) is 3.00. The van der Waals surface area contributed by atoms with Gasteiger partial charge in [-0.15, -0.1) is 11.3 Å². The third kappa shape index (κ3) is 4.55. The lowest BCUT2D eigenvalue weighted by Gasteiger charge is -2.14. The normalized spacial score (nSPS) is 10.9. The molecule has 1 N–H and O–H groups in total. The predicted octanol–water partition coefficient (Wildman–Crippen LogP) is 4.15. The molecule has 2 rings (SSSR count). The molecule has 1 aromatic heterocycles. The SMILES string of the molecule is CCCNCc1cc(C)c(OCc2csc(C)n2)c(C)c1. The molecule has 0 atom stereocenters. The van der Waals surface area contributed by atoms with Crippen LogP contribution in [0, 0.1) is 20.8 Å². The molecule has 114 valence electrons. The molecule has 0 spiro atoms. The third-order valence-electron chi connectivity index (χ3n) is 3.31. The molecule has 0 aliphatic carbocycles. The van der Waals surface area contributed by atoms with Crippen molar-refractivity contribution in [2.45, 2.75) is 47.3 Å².